The van der Waals surface area contributed by atoms with Gasteiger partial charge in [-0.2, -0.15) is 0 Å². The van der Waals surface area contributed by atoms with Crippen LogP contribution in [-0.2, 0) is 0 Å². The highest BCUT2D eigenvalue weighted by atomic mass is 14.7. The highest BCUT2D eigenvalue weighted by Gasteiger charge is 1.95. The van der Waals surface area contributed by atoms with Gasteiger partial charge < -0.3 is 0 Å². The third-order valence-corrected chi connectivity index (χ3v) is 2.01. The largest absolute Gasteiger partial charge is 0.256 e. The summed E-state index contributed by atoms with van der Waals surface area (Å²) in [6.07, 6.45) is 3.06. The Hall–Kier alpha value is -1.63. The minimum Gasteiger partial charge on any atom is -0.256 e. The summed E-state index contributed by atoms with van der Waals surface area (Å²) >= 11 is 0. The molecule has 2 rings (SSSR count). The quantitative estimate of drug-likeness (QED) is 0.681. The van der Waals surface area contributed by atoms with E-state index >= 15 is 0 Å². The van der Waals surface area contributed by atoms with Crippen LogP contribution >= 0.6 is 0 Å². The van der Waals surface area contributed by atoms with Gasteiger partial charge in [0.1, 0.15) is 0 Å². The van der Waals surface area contributed by atoms with Gasteiger partial charge in [-0.3, -0.25) is 4.98 Å². The first-order valence-corrected chi connectivity index (χ1v) is 5.76. The molecule has 0 saturated heterocycles. The molecule has 0 aliphatic carbocycles. The smallest absolute Gasteiger partial charge is 0.0701 e. The third kappa shape index (κ3) is 3.85. The van der Waals surface area contributed by atoms with Crippen molar-refractivity contribution in [1.82, 2.24) is 4.98 Å². The van der Waals surface area contributed by atoms with E-state index in [1.54, 1.807) is 0 Å². The molecule has 1 aromatic heterocycles. The molecule has 0 radical (unpaired) electrons. The number of aryl methyl sites for hydroxylation is 1. The number of rotatable bonds is 1. The van der Waals surface area contributed by atoms with Crippen LogP contribution in [0, 0.1) is 6.92 Å². The summed E-state index contributed by atoms with van der Waals surface area (Å²) in [5.41, 5.74) is 3.48. The summed E-state index contributed by atoms with van der Waals surface area (Å²) in [5, 5.41) is 0. The first-order valence-electron chi connectivity index (χ1n) is 5.76. The molecule has 1 aromatic carbocycles. The van der Waals surface area contributed by atoms with Gasteiger partial charge in [0.2, 0.25) is 0 Å². The highest BCUT2D eigenvalue weighted by molar-refractivity contribution is 5.58. The van der Waals surface area contributed by atoms with Crippen LogP contribution in [0.15, 0.2) is 48.7 Å². The van der Waals surface area contributed by atoms with Crippen molar-refractivity contribution >= 4 is 0 Å². The molecule has 0 aliphatic rings. The van der Waals surface area contributed by atoms with Crippen LogP contribution < -0.4 is 0 Å². The predicted molar refractivity (Wildman–Crippen MR) is 70.4 cm³/mol. The molecule has 0 amide bonds. The number of benzene rings is 1. The van der Waals surface area contributed by atoms with Gasteiger partial charge in [-0.05, 0) is 19.1 Å². The van der Waals surface area contributed by atoms with Crippen molar-refractivity contribution in [1.29, 1.82) is 0 Å². The number of aromatic nitrogens is 1. The van der Waals surface area contributed by atoms with Crippen LogP contribution in [0.3, 0.4) is 0 Å². The van der Waals surface area contributed by atoms with Crippen LogP contribution in [0.25, 0.3) is 11.3 Å². The van der Waals surface area contributed by atoms with Gasteiger partial charge in [0.05, 0.1) is 5.69 Å². The summed E-state index contributed by atoms with van der Waals surface area (Å²) in [6, 6.07) is 14.3. The molecule has 0 unspecified atom stereocenters. The van der Waals surface area contributed by atoms with E-state index in [0.29, 0.717) is 0 Å². The maximum absolute atomic E-state index is 4.28. The Bertz CT molecular complexity index is 390. The maximum atomic E-state index is 4.28. The molecule has 1 nitrogen and oxygen atoms in total. The fraction of sp³-hybridized carbons (Fsp3) is 0.267. The van der Waals surface area contributed by atoms with E-state index in [2.05, 4.69) is 50.0 Å². The Morgan fingerprint density at radius 3 is 2.06 bits per heavy atom. The molecule has 0 N–H and O–H groups in total. The lowest BCUT2D eigenvalue weighted by Gasteiger charge is -1.99. The molecule has 2 aromatic rings. The number of hydrogen-bond acceptors (Lipinski definition) is 1. The van der Waals surface area contributed by atoms with E-state index in [1.807, 2.05) is 24.4 Å². The first kappa shape index (κ1) is 12.4. The Morgan fingerprint density at radius 1 is 0.938 bits per heavy atom. The molecule has 0 saturated carbocycles. The highest BCUT2D eigenvalue weighted by Crippen LogP contribution is 2.15. The molecular formula is C15H19N. The zero-order valence-electron chi connectivity index (χ0n) is 10.3. The molecule has 0 aliphatic heterocycles. The van der Waals surface area contributed by atoms with Crippen molar-refractivity contribution in [2.75, 3.05) is 0 Å². The normalized spacial score (nSPS) is 9.19. The molecule has 16 heavy (non-hydrogen) atoms. The number of nitrogens with zero attached hydrogens (tertiary/aromatic N) is 1. The molecule has 1 heteroatoms. The molecular weight excluding hydrogens is 194 g/mol. The van der Waals surface area contributed by atoms with Crippen LogP contribution in [0.4, 0.5) is 0 Å². The Morgan fingerprint density at radius 2 is 1.56 bits per heavy atom. The molecule has 84 valence electrons. The zero-order chi connectivity index (χ0) is 11.8. The summed E-state index contributed by atoms with van der Waals surface area (Å²) in [5.74, 6) is 0. The summed E-state index contributed by atoms with van der Waals surface area (Å²) in [4.78, 5) is 4.28. The number of pyridine rings is 1. The van der Waals surface area contributed by atoms with Crippen molar-refractivity contribution in [3.63, 3.8) is 0 Å². The van der Waals surface area contributed by atoms with Gasteiger partial charge in [-0.1, -0.05) is 56.2 Å². The SMILES string of the molecule is CCC.Cc1ccc(-c2ccccn2)cc1. The van der Waals surface area contributed by atoms with Crippen LogP contribution in [0.1, 0.15) is 25.8 Å². The Labute approximate surface area is 98.2 Å². The lowest BCUT2D eigenvalue weighted by Crippen LogP contribution is -1.81. The average molecular weight is 213 g/mol. The molecule has 0 atom stereocenters. The van der Waals surface area contributed by atoms with Gasteiger partial charge in [-0.15, -0.1) is 0 Å². The van der Waals surface area contributed by atoms with Gasteiger partial charge in [0, 0.05) is 11.8 Å². The summed E-state index contributed by atoms with van der Waals surface area (Å²) in [6.45, 7) is 6.34. The summed E-state index contributed by atoms with van der Waals surface area (Å²) < 4.78 is 0. The molecule has 0 fully saturated rings. The lowest BCUT2D eigenvalue weighted by molar-refractivity contribution is 1.09. The van der Waals surface area contributed by atoms with Crippen molar-refractivity contribution < 1.29 is 0 Å². The monoisotopic (exact) mass is 213 g/mol. The van der Waals surface area contributed by atoms with Crippen molar-refractivity contribution in [3.05, 3.63) is 54.2 Å². The second kappa shape index (κ2) is 6.78. The Kier molecular flexibility index (Phi) is 5.27. The topological polar surface area (TPSA) is 12.9 Å². The molecule has 1 heterocycles. The van der Waals surface area contributed by atoms with Crippen LogP contribution in [0.5, 0.6) is 0 Å². The minimum absolute atomic E-state index is 1.03. The van der Waals surface area contributed by atoms with E-state index in [4.69, 9.17) is 0 Å². The zero-order valence-corrected chi connectivity index (χ0v) is 10.3. The van der Waals surface area contributed by atoms with Gasteiger partial charge in [0.25, 0.3) is 0 Å². The number of hydrogen-bond donors (Lipinski definition) is 0. The van der Waals surface area contributed by atoms with Crippen molar-refractivity contribution in [2.24, 2.45) is 0 Å². The molecule has 0 spiro atoms. The second-order valence-electron chi connectivity index (χ2n) is 3.79. The van der Waals surface area contributed by atoms with Crippen molar-refractivity contribution in [3.8, 4) is 11.3 Å². The lowest BCUT2D eigenvalue weighted by atomic mass is 10.1. The average Bonchev–Trinajstić information content (AvgIpc) is 2.32. The van der Waals surface area contributed by atoms with E-state index in [9.17, 15) is 0 Å². The van der Waals surface area contributed by atoms with Gasteiger partial charge in [0.15, 0.2) is 0 Å². The minimum atomic E-state index is 1.03. The second-order valence-corrected chi connectivity index (χ2v) is 3.79. The van der Waals surface area contributed by atoms with E-state index in [-0.39, 0.29) is 0 Å². The van der Waals surface area contributed by atoms with E-state index in [0.717, 1.165) is 5.69 Å². The molecule has 0 bridgehead atoms. The van der Waals surface area contributed by atoms with Crippen LogP contribution in [-0.4, -0.2) is 4.98 Å². The van der Waals surface area contributed by atoms with E-state index < -0.39 is 0 Å². The fourth-order valence-corrected chi connectivity index (χ4v) is 1.26. The van der Waals surface area contributed by atoms with Gasteiger partial charge in [-0.25, -0.2) is 0 Å². The van der Waals surface area contributed by atoms with Gasteiger partial charge >= 0.3 is 0 Å². The Balaban J connectivity index is 0.000000386. The standard InChI is InChI=1S/C12H11N.C3H8/c1-10-5-7-11(8-6-10)12-4-2-3-9-13-12;1-3-2/h2-9H,1H3;3H2,1-2H3. The van der Waals surface area contributed by atoms with Crippen LogP contribution in [0.2, 0.25) is 0 Å². The first-order chi connectivity index (χ1) is 7.77. The van der Waals surface area contributed by atoms with Crippen molar-refractivity contribution in [2.45, 2.75) is 27.2 Å². The summed E-state index contributed by atoms with van der Waals surface area (Å²) in [7, 11) is 0. The maximum Gasteiger partial charge on any atom is 0.0701 e. The predicted octanol–water partition coefficient (Wildman–Crippen LogP) is 4.47. The van der Waals surface area contributed by atoms with E-state index in [1.165, 1.54) is 17.5 Å². The fourth-order valence-electron chi connectivity index (χ4n) is 1.26. The third-order valence-electron chi connectivity index (χ3n) is 2.01.